The second kappa shape index (κ2) is 8.47. The van der Waals surface area contributed by atoms with Crippen LogP contribution in [0.5, 0.6) is 0 Å². The number of carbonyl (C=O) groups is 3. The quantitative estimate of drug-likeness (QED) is 0.845. The van der Waals surface area contributed by atoms with E-state index in [1.165, 1.54) is 29.2 Å². The molecule has 1 aliphatic rings. The number of rotatable bonds is 4. The van der Waals surface area contributed by atoms with Crippen molar-refractivity contribution in [2.24, 2.45) is 0 Å². The molecule has 0 radical (unpaired) electrons. The average Bonchev–Trinajstić information content (AvgIpc) is 3.16. The van der Waals surface area contributed by atoms with E-state index in [9.17, 15) is 23.2 Å². The average molecular weight is 407 g/mol. The normalized spacial score (nSPS) is 14.1. The molecule has 2 heterocycles. The predicted molar refractivity (Wildman–Crippen MR) is 100 cm³/mol. The molecule has 0 spiro atoms. The van der Waals surface area contributed by atoms with E-state index in [0.717, 1.165) is 17.0 Å². The molecule has 2 aromatic rings. The number of nitrogens with zero attached hydrogens (tertiary/aromatic N) is 2. The van der Waals surface area contributed by atoms with Gasteiger partial charge in [-0.3, -0.25) is 14.4 Å². The van der Waals surface area contributed by atoms with E-state index in [0.29, 0.717) is 37.6 Å². The van der Waals surface area contributed by atoms with Gasteiger partial charge in [0.1, 0.15) is 0 Å². The predicted octanol–water partition coefficient (Wildman–Crippen LogP) is 2.26. The molecular formula is C19H19F2N3O3S. The number of thiophene rings is 1. The van der Waals surface area contributed by atoms with Crippen LogP contribution >= 0.6 is 11.3 Å². The molecule has 0 atom stereocenters. The molecule has 1 fully saturated rings. The molecule has 0 saturated carbocycles. The number of piperazine rings is 1. The molecule has 6 nitrogen and oxygen atoms in total. The Bertz CT molecular complexity index is 908. The maximum Gasteiger partial charge on any atom is 0.264 e. The third kappa shape index (κ3) is 4.53. The molecular weight excluding hydrogens is 388 g/mol. The minimum absolute atomic E-state index is 0.0829. The van der Waals surface area contributed by atoms with E-state index in [4.69, 9.17) is 0 Å². The van der Waals surface area contributed by atoms with E-state index in [1.54, 1.807) is 17.0 Å². The van der Waals surface area contributed by atoms with Crippen molar-refractivity contribution < 1.29 is 23.2 Å². The standard InChI is InChI=1S/C19H19F2N3O3S/c1-12(25)22-11-14-3-5-17(28-14)19(27)24-8-6-23(7-9-24)18(26)13-2-4-15(20)16(21)10-13/h2-5,10H,6-9,11H2,1H3,(H,22,25). The zero-order chi connectivity index (χ0) is 20.3. The Morgan fingerprint density at radius 3 is 2.21 bits per heavy atom. The summed E-state index contributed by atoms with van der Waals surface area (Å²) < 4.78 is 26.4. The van der Waals surface area contributed by atoms with Gasteiger partial charge in [0, 0.05) is 43.5 Å². The van der Waals surface area contributed by atoms with E-state index >= 15 is 0 Å². The van der Waals surface area contributed by atoms with Crippen molar-refractivity contribution in [1.29, 1.82) is 0 Å². The Balaban J connectivity index is 1.57. The summed E-state index contributed by atoms with van der Waals surface area (Å²) in [6, 6.07) is 6.59. The lowest BCUT2D eigenvalue weighted by atomic mass is 10.1. The molecule has 28 heavy (non-hydrogen) atoms. The lowest BCUT2D eigenvalue weighted by Crippen LogP contribution is -2.50. The highest BCUT2D eigenvalue weighted by Gasteiger charge is 2.26. The van der Waals surface area contributed by atoms with Crippen LogP contribution in [0.4, 0.5) is 8.78 Å². The molecule has 0 unspecified atom stereocenters. The van der Waals surface area contributed by atoms with Gasteiger partial charge < -0.3 is 15.1 Å². The molecule has 0 bridgehead atoms. The highest BCUT2D eigenvalue weighted by molar-refractivity contribution is 7.14. The van der Waals surface area contributed by atoms with Gasteiger partial charge in [-0.15, -0.1) is 11.3 Å². The van der Waals surface area contributed by atoms with Crippen LogP contribution in [-0.2, 0) is 11.3 Å². The van der Waals surface area contributed by atoms with Crippen molar-refractivity contribution >= 4 is 29.1 Å². The van der Waals surface area contributed by atoms with E-state index < -0.39 is 11.6 Å². The maximum atomic E-state index is 13.3. The van der Waals surface area contributed by atoms with Crippen molar-refractivity contribution in [2.75, 3.05) is 26.2 Å². The molecule has 1 aromatic carbocycles. The SMILES string of the molecule is CC(=O)NCc1ccc(C(=O)N2CCN(C(=O)c3ccc(F)c(F)c3)CC2)s1. The summed E-state index contributed by atoms with van der Waals surface area (Å²) >= 11 is 1.32. The van der Waals surface area contributed by atoms with Crippen LogP contribution in [0.25, 0.3) is 0 Å². The molecule has 1 saturated heterocycles. The van der Waals surface area contributed by atoms with E-state index in [2.05, 4.69) is 5.32 Å². The van der Waals surface area contributed by atoms with Crippen LogP contribution in [0.3, 0.4) is 0 Å². The lowest BCUT2D eigenvalue weighted by Gasteiger charge is -2.34. The number of hydrogen-bond donors (Lipinski definition) is 1. The number of benzene rings is 1. The number of hydrogen-bond acceptors (Lipinski definition) is 4. The van der Waals surface area contributed by atoms with Crippen LogP contribution in [0.2, 0.25) is 0 Å². The second-order valence-corrected chi connectivity index (χ2v) is 7.56. The minimum Gasteiger partial charge on any atom is -0.351 e. The summed E-state index contributed by atoms with van der Waals surface area (Å²) in [5.41, 5.74) is 0.0829. The summed E-state index contributed by atoms with van der Waals surface area (Å²) in [6.45, 7) is 3.15. The smallest absolute Gasteiger partial charge is 0.264 e. The summed E-state index contributed by atoms with van der Waals surface area (Å²) in [4.78, 5) is 40.7. The van der Waals surface area contributed by atoms with Crippen LogP contribution in [0.1, 0.15) is 31.8 Å². The summed E-state index contributed by atoms with van der Waals surface area (Å²) in [5.74, 6) is -2.71. The van der Waals surface area contributed by atoms with Crippen LogP contribution in [-0.4, -0.2) is 53.7 Å². The first-order chi connectivity index (χ1) is 13.3. The fraction of sp³-hybridized carbons (Fsp3) is 0.316. The molecule has 3 amide bonds. The topological polar surface area (TPSA) is 69.7 Å². The van der Waals surface area contributed by atoms with Gasteiger partial charge in [-0.2, -0.15) is 0 Å². The van der Waals surface area contributed by atoms with E-state index in [-0.39, 0.29) is 23.3 Å². The van der Waals surface area contributed by atoms with Gasteiger partial charge in [0.15, 0.2) is 11.6 Å². The zero-order valence-electron chi connectivity index (χ0n) is 15.2. The third-order valence-electron chi connectivity index (χ3n) is 4.40. The first kappa shape index (κ1) is 19.9. The Labute approximate surface area is 164 Å². The number of carbonyl (C=O) groups excluding carboxylic acids is 3. The molecule has 1 aliphatic heterocycles. The number of amides is 3. The third-order valence-corrected chi connectivity index (χ3v) is 5.48. The van der Waals surface area contributed by atoms with Gasteiger partial charge in [0.05, 0.1) is 11.4 Å². The highest BCUT2D eigenvalue weighted by atomic mass is 32.1. The Hall–Kier alpha value is -2.81. The van der Waals surface area contributed by atoms with Crippen molar-refractivity contribution in [3.8, 4) is 0 Å². The van der Waals surface area contributed by atoms with Crippen LogP contribution in [0.15, 0.2) is 30.3 Å². The van der Waals surface area contributed by atoms with Crippen molar-refractivity contribution in [2.45, 2.75) is 13.5 Å². The van der Waals surface area contributed by atoms with Gasteiger partial charge in [-0.05, 0) is 30.3 Å². The van der Waals surface area contributed by atoms with Crippen molar-refractivity contribution in [1.82, 2.24) is 15.1 Å². The number of nitrogens with one attached hydrogen (secondary N) is 1. The lowest BCUT2D eigenvalue weighted by molar-refractivity contribution is -0.119. The number of halogens is 2. The molecule has 3 rings (SSSR count). The molecule has 0 aliphatic carbocycles. The second-order valence-electron chi connectivity index (χ2n) is 6.39. The monoisotopic (exact) mass is 407 g/mol. The Kier molecular flexibility index (Phi) is 6.03. The molecule has 148 valence electrons. The minimum atomic E-state index is -1.06. The fourth-order valence-corrected chi connectivity index (χ4v) is 3.80. The summed E-state index contributed by atoms with van der Waals surface area (Å²) in [6.07, 6.45) is 0. The highest BCUT2D eigenvalue weighted by Crippen LogP contribution is 2.20. The molecule has 1 aromatic heterocycles. The summed E-state index contributed by atoms with van der Waals surface area (Å²) in [7, 11) is 0. The van der Waals surface area contributed by atoms with E-state index in [1.807, 2.05) is 0 Å². The van der Waals surface area contributed by atoms with Gasteiger partial charge >= 0.3 is 0 Å². The fourth-order valence-electron chi connectivity index (χ4n) is 2.88. The van der Waals surface area contributed by atoms with Gasteiger partial charge in [-0.1, -0.05) is 0 Å². The largest absolute Gasteiger partial charge is 0.351 e. The first-order valence-electron chi connectivity index (χ1n) is 8.72. The summed E-state index contributed by atoms with van der Waals surface area (Å²) in [5, 5.41) is 2.69. The first-order valence-corrected chi connectivity index (χ1v) is 9.53. The molecule has 1 N–H and O–H groups in total. The van der Waals surface area contributed by atoms with Gasteiger partial charge in [-0.25, -0.2) is 8.78 Å². The Morgan fingerprint density at radius 1 is 0.964 bits per heavy atom. The molecule has 9 heteroatoms. The van der Waals surface area contributed by atoms with Crippen molar-refractivity contribution in [3.63, 3.8) is 0 Å². The Morgan fingerprint density at radius 2 is 1.61 bits per heavy atom. The van der Waals surface area contributed by atoms with Gasteiger partial charge in [0.2, 0.25) is 5.91 Å². The van der Waals surface area contributed by atoms with Crippen LogP contribution < -0.4 is 5.32 Å². The van der Waals surface area contributed by atoms with Crippen LogP contribution in [0, 0.1) is 11.6 Å². The maximum absolute atomic E-state index is 13.3. The van der Waals surface area contributed by atoms with Crippen molar-refractivity contribution in [3.05, 3.63) is 57.3 Å². The van der Waals surface area contributed by atoms with Gasteiger partial charge in [0.25, 0.3) is 11.8 Å². The zero-order valence-corrected chi connectivity index (χ0v) is 16.0.